The minimum Gasteiger partial charge on any atom is -0.323 e. The van der Waals surface area contributed by atoms with Gasteiger partial charge >= 0.3 is 0 Å². The van der Waals surface area contributed by atoms with E-state index in [4.69, 9.17) is 0 Å². The minimum absolute atomic E-state index is 0.289. The molecular weight excluding hydrogens is 373 g/mol. The van der Waals surface area contributed by atoms with Gasteiger partial charge in [0.2, 0.25) is 0 Å². The van der Waals surface area contributed by atoms with Crippen molar-refractivity contribution in [1.29, 1.82) is 0 Å². The number of carbonyl (C=O) groups is 1. The molecule has 1 aromatic heterocycles. The first-order valence-electron chi connectivity index (χ1n) is 7.16. The van der Waals surface area contributed by atoms with Gasteiger partial charge in [-0.25, -0.2) is 9.82 Å². The van der Waals surface area contributed by atoms with Crippen LogP contribution in [-0.2, 0) is 0 Å². The lowest BCUT2D eigenvalue weighted by molar-refractivity contribution is 0.0955. The molecule has 1 amide bonds. The van der Waals surface area contributed by atoms with Crippen LogP contribution in [-0.4, -0.2) is 16.7 Å². The summed E-state index contributed by atoms with van der Waals surface area (Å²) in [6, 6.07) is 15.5. The number of rotatable bonds is 4. The smallest absolute Gasteiger partial charge is 0.273 e. The summed E-state index contributed by atoms with van der Waals surface area (Å²) in [4.78, 5) is 12.4. The number of amides is 1. The Labute approximate surface area is 146 Å². The molecule has 3 rings (SSSR count). The van der Waals surface area contributed by atoms with Crippen molar-refractivity contribution in [3.63, 3.8) is 0 Å². The van der Waals surface area contributed by atoms with Gasteiger partial charge in [0, 0.05) is 22.4 Å². The molecule has 0 radical (unpaired) electrons. The summed E-state index contributed by atoms with van der Waals surface area (Å²) in [6.07, 6.45) is 4.98. The number of nitrogens with zero attached hydrogens (tertiary/aromatic N) is 2. The second-order valence-electron chi connectivity index (χ2n) is 4.97. The molecule has 0 aliphatic rings. The van der Waals surface area contributed by atoms with Crippen LogP contribution >= 0.6 is 15.9 Å². The van der Waals surface area contributed by atoms with Gasteiger partial charge in [-0.15, -0.1) is 0 Å². The molecule has 1 heterocycles. The molecule has 0 saturated carbocycles. The predicted molar refractivity (Wildman–Crippen MR) is 94.9 cm³/mol. The lowest BCUT2D eigenvalue weighted by Gasteiger charge is -2.09. The molecule has 120 valence electrons. The maximum absolute atomic E-state index is 13.7. The van der Waals surface area contributed by atoms with Crippen LogP contribution in [0.5, 0.6) is 0 Å². The van der Waals surface area contributed by atoms with Gasteiger partial charge in [-0.3, -0.25) is 4.79 Å². The zero-order valence-corrected chi connectivity index (χ0v) is 14.1. The van der Waals surface area contributed by atoms with E-state index in [-0.39, 0.29) is 11.5 Å². The van der Waals surface area contributed by atoms with Crippen LogP contribution < -0.4 is 5.43 Å². The van der Waals surface area contributed by atoms with Crippen molar-refractivity contribution < 1.29 is 9.18 Å². The van der Waals surface area contributed by atoms with E-state index in [9.17, 15) is 9.18 Å². The lowest BCUT2D eigenvalue weighted by atomic mass is 10.1. The molecule has 24 heavy (non-hydrogen) atoms. The number of hydrazone groups is 1. The van der Waals surface area contributed by atoms with Gasteiger partial charge in [0.05, 0.1) is 17.5 Å². The van der Waals surface area contributed by atoms with Gasteiger partial charge in [-0.05, 0) is 42.5 Å². The third-order valence-electron chi connectivity index (χ3n) is 3.36. The van der Waals surface area contributed by atoms with E-state index >= 15 is 0 Å². The fourth-order valence-electron chi connectivity index (χ4n) is 2.21. The molecule has 0 aliphatic heterocycles. The molecule has 6 heteroatoms. The second kappa shape index (κ2) is 7.23. The second-order valence-corrected chi connectivity index (χ2v) is 5.89. The van der Waals surface area contributed by atoms with Crippen molar-refractivity contribution in [2.45, 2.75) is 0 Å². The largest absolute Gasteiger partial charge is 0.323 e. The van der Waals surface area contributed by atoms with Crippen molar-refractivity contribution in [3.05, 3.63) is 88.4 Å². The first-order chi connectivity index (χ1) is 11.6. The van der Waals surface area contributed by atoms with E-state index in [0.29, 0.717) is 10.0 Å². The van der Waals surface area contributed by atoms with E-state index in [2.05, 4.69) is 26.5 Å². The van der Waals surface area contributed by atoms with E-state index in [1.165, 1.54) is 12.3 Å². The molecule has 0 atom stereocenters. The number of hydrogen-bond donors (Lipinski definition) is 1. The van der Waals surface area contributed by atoms with Crippen molar-refractivity contribution in [2.75, 3.05) is 0 Å². The van der Waals surface area contributed by atoms with Crippen LogP contribution in [0.2, 0.25) is 0 Å². The summed E-state index contributed by atoms with van der Waals surface area (Å²) in [6.45, 7) is 0. The minimum atomic E-state index is -0.421. The lowest BCUT2D eigenvalue weighted by Crippen LogP contribution is -2.19. The number of nitrogens with one attached hydrogen (secondary N) is 1. The summed E-state index contributed by atoms with van der Waals surface area (Å²) in [5, 5.41) is 3.84. The third-order valence-corrected chi connectivity index (χ3v) is 3.86. The standard InChI is InChI=1S/C18H13BrFN3O/c19-14-8-7-13(16(20)11-14)12-21-22-18(24)15-5-1-2-6-17(15)23-9-3-4-10-23/h1-12H,(H,22,24)/b21-12-. The van der Waals surface area contributed by atoms with Gasteiger partial charge in [0.1, 0.15) is 5.82 Å². The number of hydrogen-bond acceptors (Lipinski definition) is 2. The monoisotopic (exact) mass is 385 g/mol. The Bertz CT molecular complexity index is 891. The molecule has 0 spiro atoms. The Morgan fingerprint density at radius 2 is 1.88 bits per heavy atom. The SMILES string of the molecule is O=C(N/N=C\c1ccc(Br)cc1F)c1ccccc1-n1cccc1. The average molecular weight is 386 g/mol. The highest BCUT2D eigenvalue weighted by Gasteiger charge is 2.11. The maximum atomic E-state index is 13.7. The van der Waals surface area contributed by atoms with E-state index in [0.717, 1.165) is 5.69 Å². The van der Waals surface area contributed by atoms with E-state index < -0.39 is 5.82 Å². The van der Waals surface area contributed by atoms with Crippen LogP contribution in [0.4, 0.5) is 4.39 Å². The van der Waals surface area contributed by atoms with Gasteiger partial charge in [-0.2, -0.15) is 5.10 Å². The normalized spacial score (nSPS) is 10.9. The zero-order valence-electron chi connectivity index (χ0n) is 12.5. The van der Waals surface area contributed by atoms with Crippen molar-refractivity contribution in [1.82, 2.24) is 9.99 Å². The number of aromatic nitrogens is 1. The molecule has 4 nitrogen and oxygen atoms in total. The number of carbonyl (C=O) groups excluding carboxylic acids is 1. The Morgan fingerprint density at radius 3 is 2.62 bits per heavy atom. The number of para-hydroxylation sites is 1. The van der Waals surface area contributed by atoms with Crippen molar-refractivity contribution in [2.24, 2.45) is 5.10 Å². The van der Waals surface area contributed by atoms with Crippen LogP contribution in [0.15, 0.2) is 76.6 Å². The first-order valence-corrected chi connectivity index (χ1v) is 7.95. The Balaban J connectivity index is 1.78. The highest BCUT2D eigenvalue weighted by Crippen LogP contribution is 2.15. The van der Waals surface area contributed by atoms with Gasteiger partial charge in [-0.1, -0.05) is 28.1 Å². The summed E-state index contributed by atoms with van der Waals surface area (Å²) < 4.78 is 16.2. The summed E-state index contributed by atoms with van der Waals surface area (Å²) in [5.41, 5.74) is 3.93. The van der Waals surface area contributed by atoms with Crippen molar-refractivity contribution >= 4 is 28.1 Å². The summed E-state index contributed by atoms with van der Waals surface area (Å²) in [7, 11) is 0. The van der Waals surface area contributed by atoms with Crippen LogP contribution in [0.3, 0.4) is 0 Å². The molecule has 0 unspecified atom stereocenters. The van der Waals surface area contributed by atoms with Crippen molar-refractivity contribution in [3.8, 4) is 5.69 Å². The molecule has 2 aromatic carbocycles. The predicted octanol–water partition coefficient (Wildman–Crippen LogP) is 4.14. The number of benzene rings is 2. The molecule has 1 N–H and O–H groups in total. The van der Waals surface area contributed by atoms with E-state index in [1.807, 2.05) is 41.2 Å². The van der Waals surface area contributed by atoms with Crippen LogP contribution in [0, 0.1) is 5.82 Å². The molecule has 0 fully saturated rings. The topological polar surface area (TPSA) is 46.4 Å². The first kappa shape index (κ1) is 16.1. The highest BCUT2D eigenvalue weighted by atomic mass is 79.9. The van der Waals surface area contributed by atoms with E-state index in [1.54, 1.807) is 24.3 Å². The zero-order chi connectivity index (χ0) is 16.9. The van der Waals surface area contributed by atoms with Gasteiger partial charge < -0.3 is 4.57 Å². The Morgan fingerprint density at radius 1 is 1.12 bits per heavy atom. The maximum Gasteiger partial charge on any atom is 0.273 e. The fraction of sp³-hybridized carbons (Fsp3) is 0. The molecule has 0 bridgehead atoms. The highest BCUT2D eigenvalue weighted by molar-refractivity contribution is 9.10. The molecule has 0 saturated heterocycles. The molecule has 3 aromatic rings. The summed E-state index contributed by atoms with van der Waals surface area (Å²) >= 11 is 3.19. The quantitative estimate of drug-likeness (QED) is 0.532. The van der Waals surface area contributed by atoms with Crippen LogP contribution in [0.1, 0.15) is 15.9 Å². The average Bonchev–Trinajstić information content (AvgIpc) is 3.11. The van der Waals surface area contributed by atoms with Gasteiger partial charge in [0.15, 0.2) is 0 Å². The molecule has 0 aliphatic carbocycles. The van der Waals surface area contributed by atoms with Gasteiger partial charge in [0.25, 0.3) is 5.91 Å². The summed E-state index contributed by atoms with van der Waals surface area (Å²) in [5.74, 6) is -0.789. The third kappa shape index (κ3) is 3.60. The molecular formula is C18H13BrFN3O. The Hall–Kier alpha value is -2.73. The van der Waals surface area contributed by atoms with Crippen LogP contribution in [0.25, 0.3) is 5.69 Å². The number of halogens is 2. The fourth-order valence-corrected chi connectivity index (χ4v) is 2.55. The Kier molecular flexibility index (Phi) is 4.86.